The minimum Gasteiger partial charge on any atom is -0.496 e. The van der Waals surface area contributed by atoms with Gasteiger partial charge in [-0.15, -0.1) is 0 Å². The maximum atomic E-state index is 12.7. The Balaban J connectivity index is 2.76. The van der Waals surface area contributed by atoms with Crippen molar-refractivity contribution in [2.24, 2.45) is 0 Å². The van der Waals surface area contributed by atoms with Gasteiger partial charge in [0.1, 0.15) is 5.75 Å². The first-order valence-corrected chi connectivity index (χ1v) is 6.21. The van der Waals surface area contributed by atoms with E-state index in [1.54, 1.807) is 19.2 Å². The van der Waals surface area contributed by atoms with E-state index >= 15 is 0 Å². The topological polar surface area (TPSA) is 21.3 Å². The molecule has 1 atom stereocenters. The monoisotopic (exact) mass is 307 g/mol. The number of benzene rings is 1. The van der Waals surface area contributed by atoms with Crippen LogP contribution in [0, 0.1) is 0 Å². The molecule has 1 aromatic carbocycles. The SMILES string of the molecule is CCNC(Cc1ccc(OC)c(Br)c1)C(F)F. The summed E-state index contributed by atoms with van der Waals surface area (Å²) in [6, 6.07) is 4.58. The van der Waals surface area contributed by atoms with Crippen LogP contribution in [-0.4, -0.2) is 26.1 Å². The lowest BCUT2D eigenvalue weighted by Gasteiger charge is -2.17. The van der Waals surface area contributed by atoms with Crippen LogP contribution >= 0.6 is 15.9 Å². The van der Waals surface area contributed by atoms with Gasteiger partial charge in [0.15, 0.2) is 0 Å². The van der Waals surface area contributed by atoms with Crippen molar-refractivity contribution in [3.63, 3.8) is 0 Å². The van der Waals surface area contributed by atoms with Crippen molar-refractivity contribution in [1.82, 2.24) is 5.32 Å². The predicted molar refractivity (Wildman–Crippen MR) is 67.9 cm³/mol. The molecular weight excluding hydrogens is 292 g/mol. The van der Waals surface area contributed by atoms with Gasteiger partial charge in [-0.05, 0) is 46.6 Å². The standard InChI is InChI=1S/C12H16BrF2NO/c1-3-16-10(12(14)15)7-8-4-5-11(17-2)9(13)6-8/h4-6,10,12,16H,3,7H2,1-2H3. The molecule has 1 rings (SSSR count). The van der Waals surface area contributed by atoms with Crippen LogP contribution in [0.15, 0.2) is 22.7 Å². The number of halogens is 3. The summed E-state index contributed by atoms with van der Waals surface area (Å²) in [7, 11) is 1.57. The number of methoxy groups -OCH3 is 1. The molecule has 0 aliphatic carbocycles. The highest BCUT2D eigenvalue weighted by Crippen LogP contribution is 2.26. The Morgan fingerprint density at radius 1 is 1.41 bits per heavy atom. The molecule has 1 unspecified atom stereocenters. The van der Waals surface area contributed by atoms with E-state index in [2.05, 4.69) is 21.2 Å². The summed E-state index contributed by atoms with van der Waals surface area (Å²) < 4.78 is 31.3. The number of likely N-dealkylation sites (N-methyl/N-ethyl adjacent to an activating group) is 1. The number of ether oxygens (including phenoxy) is 1. The van der Waals surface area contributed by atoms with Crippen molar-refractivity contribution in [2.45, 2.75) is 25.8 Å². The Bertz CT molecular complexity index is 360. The van der Waals surface area contributed by atoms with Gasteiger partial charge in [-0.25, -0.2) is 8.78 Å². The first kappa shape index (κ1) is 14.4. The van der Waals surface area contributed by atoms with E-state index in [9.17, 15) is 8.78 Å². The third kappa shape index (κ3) is 4.24. The van der Waals surface area contributed by atoms with Gasteiger partial charge in [0.05, 0.1) is 17.6 Å². The Morgan fingerprint density at radius 3 is 2.59 bits per heavy atom. The summed E-state index contributed by atoms with van der Waals surface area (Å²) in [5, 5.41) is 2.78. The summed E-state index contributed by atoms with van der Waals surface area (Å²) in [6.45, 7) is 2.35. The van der Waals surface area contributed by atoms with Crippen LogP contribution in [0.25, 0.3) is 0 Å². The Labute approximate surface area is 108 Å². The lowest BCUT2D eigenvalue weighted by Crippen LogP contribution is -2.37. The van der Waals surface area contributed by atoms with E-state index in [1.807, 2.05) is 13.0 Å². The van der Waals surface area contributed by atoms with Gasteiger partial charge in [0.25, 0.3) is 6.43 Å². The molecule has 1 aromatic rings. The highest BCUT2D eigenvalue weighted by atomic mass is 79.9. The highest BCUT2D eigenvalue weighted by Gasteiger charge is 2.19. The average Bonchev–Trinajstić information content (AvgIpc) is 2.28. The van der Waals surface area contributed by atoms with Gasteiger partial charge < -0.3 is 10.1 Å². The Kier molecular flexibility index (Phi) is 5.85. The lowest BCUT2D eigenvalue weighted by molar-refractivity contribution is 0.0990. The predicted octanol–water partition coefficient (Wildman–Crippen LogP) is 3.24. The molecule has 0 saturated carbocycles. The van der Waals surface area contributed by atoms with Gasteiger partial charge in [-0.1, -0.05) is 13.0 Å². The van der Waals surface area contributed by atoms with E-state index in [-0.39, 0.29) is 0 Å². The van der Waals surface area contributed by atoms with Crippen molar-refractivity contribution in [3.8, 4) is 5.75 Å². The van der Waals surface area contributed by atoms with Crippen molar-refractivity contribution >= 4 is 15.9 Å². The molecular formula is C12H16BrF2NO. The highest BCUT2D eigenvalue weighted by molar-refractivity contribution is 9.10. The number of rotatable bonds is 6. The van der Waals surface area contributed by atoms with Crippen LogP contribution in [0.4, 0.5) is 8.78 Å². The maximum absolute atomic E-state index is 12.7. The number of nitrogens with one attached hydrogen (secondary N) is 1. The lowest BCUT2D eigenvalue weighted by atomic mass is 10.1. The van der Waals surface area contributed by atoms with E-state index in [0.29, 0.717) is 18.7 Å². The van der Waals surface area contributed by atoms with E-state index in [0.717, 1.165) is 10.0 Å². The fourth-order valence-corrected chi connectivity index (χ4v) is 2.19. The fraction of sp³-hybridized carbons (Fsp3) is 0.500. The molecule has 0 aromatic heterocycles. The minimum absolute atomic E-state index is 0.300. The maximum Gasteiger partial charge on any atom is 0.254 e. The average molecular weight is 308 g/mol. The van der Waals surface area contributed by atoms with E-state index in [4.69, 9.17) is 4.74 Å². The van der Waals surface area contributed by atoms with Crippen LogP contribution in [0.3, 0.4) is 0 Å². The van der Waals surface area contributed by atoms with Crippen molar-refractivity contribution in [3.05, 3.63) is 28.2 Å². The zero-order valence-electron chi connectivity index (χ0n) is 9.84. The second kappa shape index (κ2) is 6.91. The molecule has 96 valence electrons. The molecule has 1 N–H and O–H groups in total. The molecule has 0 bridgehead atoms. The second-order valence-corrected chi connectivity index (χ2v) is 4.53. The number of hydrogen-bond donors (Lipinski definition) is 1. The van der Waals surface area contributed by atoms with Gasteiger partial charge in [-0.2, -0.15) is 0 Å². The quantitative estimate of drug-likeness (QED) is 0.871. The zero-order valence-corrected chi connectivity index (χ0v) is 11.4. The smallest absolute Gasteiger partial charge is 0.254 e. The molecule has 17 heavy (non-hydrogen) atoms. The van der Waals surface area contributed by atoms with Gasteiger partial charge in [0.2, 0.25) is 0 Å². The van der Waals surface area contributed by atoms with Crippen molar-refractivity contribution in [1.29, 1.82) is 0 Å². The summed E-state index contributed by atoms with van der Waals surface area (Å²) in [4.78, 5) is 0. The first-order valence-electron chi connectivity index (χ1n) is 5.42. The van der Waals surface area contributed by atoms with Crippen LogP contribution in [0.2, 0.25) is 0 Å². The van der Waals surface area contributed by atoms with Crippen molar-refractivity contribution in [2.75, 3.05) is 13.7 Å². The molecule has 0 aliphatic rings. The van der Waals surface area contributed by atoms with E-state index < -0.39 is 12.5 Å². The minimum atomic E-state index is -2.36. The summed E-state index contributed by atoms with van der Waals surface area (Å²) in [5.74, 6) is 0.700. The normalized spacial score (nSPS) is 12.8. The molecule has 0 aliphatic heterocycles. The molecule has 2 nitrogen and oxygen atoms in total. The fourth-order valence-electron chi connectivity index (χ4n) is 1.60. The zero-order chi connectivity index (χ0) is 12.8. The van der Waals surface area contributed by atoms with Gasteiger partial charge in [0, 0.05) is 0 Å². The summed E-state index contributed by atoms with van der Waals surface area (Å²) in [6.07, 6.45) is -2.07. The number of hydrogen-bond acceptors (Lipinski definition) is 2. The summed E-state index contributed by atoms with van der Waals surface area (Å²) in [5.41, 5.74) is 0.851. The van der Waals surface area contributed by atoms with Crippen molar-refractivity contribution < 1.29 is 13.5 Å². The molecule has 5 heteroatoms. The molecule has 0 fully saturated rings. The summed E-state index contributed by atoms with van der Waals surface area (Å²) >= 11 is 3.34. The molecule has 0 amide bonds. The van der Waals surface area contributed by atoms with Crippen LogP contribution in [0.1, 0.15) is 12.5 Å². The molecule has 0 radical (unpaired) electrons. The third-order valence-corrected chi connectivity index (χ3v) is 3.06. The van der Waals surface area contributed by atoms with E-state index in [1.165, 1.54) is 0 Å². The first-order chi connectivity index (χ1) is 8.08. The van der Waals surface area contributed by atoms with Gasteiger partial charge in [-0.3, -0.25) is 0 Å². The second-order valence-electron chi connectivity index (χ2n) is 3.67. The molecule has 0 heterocycles. The molecule has 0 saturated heterocycles. The number of alkyl halides is 2. The largest absolute Gasteiger partial charge is 0.496 e. The van der Waals surface area contributed by atoms with Crippen LogP contribution in [0.5, 0.6) is 5.75 Å². The molecule has 0 spiro atoms. The van der Waals surface area contributed by atoms with Crippen LogP contribution in [-0.2, 0) is 6.42 Å². The van der Waals surface area contributed by atoms with Gasteiger partial charge >= 0.3 is 0 Å². The Hall–Kier alpha value is -0.680. The third-order valence-electron chi connectivity index (χ3n) is 2.44. The Morgan fingerprint density at radius 2 is 2.12 bits per heavy atom. The van der Waals surface area contributed by atoms with Crippen LogP contribution < -0.4 is 10.1 Å².